The maximum atomic E-state index is 11.6. The second-order valence-corrected chi connectivity index (χ2v) is 3.44. The highest BCUT2D eigenvalue weighted by atomic mass is 16.5. The highest BCUT2D eigenvalue weighted by Gasteiger charge is 2.25. The van der Waals surface area contributed by atoms with Gasteiger partial charge in [-0.05, 0) is 5.56 Å². The first-order valence-corrected chi connectivity index (χ1v) is 5.26. The number of carbonyl (C=O) groups is 2. The van der Waals surface area contributed by atoms with Crippen molar-refractivity contribution in [1.29, 1.82) is 5.26 Å². The van der Waals surface area contributed by atoms with Crippen LogP contribution in [0.25, 0.3) is 0 Å². The molecule has 1 aromatic rings. The molecular weight excluding hydrogens is 248 g/mol. The fraction of sp³-hybridized carbons (Fsp3) is 0.167. The van der Waals surface area contributed by atoms with Crippen molar-refractivity contribution in [2.45, 2.75) is 5.92 Å². The number of nitriles is 1. The minimum atomic E-state index is -0.958. The topological polar surface area (TPSA) is 118 Å². The normalized spacial score (nSPS) is 12.1. The molecule has 0 unspecified atom stereocenters. The lowest BCUT2D eigenvalue weighted by molar-refractivity contribution is -0.132. The number of hydrogen-bond acceptors (Lipinski definition) is 5. The maximum absolute atomic E-state index is 11.6. The van der Waals surface area contributed by atoms with Crippen molar-refractivity contribution in [2.24, 2.45) is 10.8 Å². The first kappa shape index (κ1) is 14.2. The average molecular weight is 260 g/mol. The molecule has 1 atom stereocenters. The molecule has 0 aromatic heterocycles. The number of benzene rings is 1. The lowest BCUT2D eigenvalue weighted by atomic mass is 9.95. The molecular formula is C12H12N4O3. The molecule has 0 aliphatic rings. The van der Waals surface area contributed by atoms with Crippen molar-refractivity contribution >= 4 is 17.7 Å². The summed E-state index contributed by atoms with van der Waals surface area (Å²) < 4.78 is 4.54. The summed E-state index contributed by atoms with van der Waals surface area (Å²) in [4.78, 5) is 22.2. The van der Waals surface area contributed by atoms with Crippen LogP contribution in [0.4, 0.5) is 4.79 Å². The molecule has 0 aliphatic carbocycles. The molecule has 7 heteroatoms. The maximum Gasteiger partial charge on any atom is 0.355 e. The van der Waals surface area contributed by atoms with E-state index in [0.29, 0.717) is 5.56 Å². The Balaban J connectivity index is 3.15. The van der Waals surface area contributed by atoms with Gasteiger partial charge in [-0.15, -0.1) is 0 Å². The van der Waals surface area contributed by atoms with Crippen LogP contribution in [-0.2, 0) is 9.53 Å². The lowest BCUT2D eigenvalue weighted by Gasteiger charge is -2.10. The van der Waals surface area contributed by atoms with Crippen LogP contribution in [0.15, 0.2) is 35.4 Å². The monoisotopic (exact) mass is 260 g/mol. The van der Waals surface area contributed by atoms with E-state index in [1.54, 1.807) is 30.3 Å². The number of nitrogens with zero attached hydrogens (tertiary/aromatic N) is 2. The number of esters is 1. The summed E-state index contributed by atoms with van der Waals surface area (Å²) in [6, 6.07) is 9.53. The Bertz CT molecular complexity index is 534. The van der Waals surface area contributed by atoms with Crippen LogP contribution >= 0.6 is 0 Å². The highest BCUT2D eigenvalue weighted by molar-refractivity contribution is 6.39. The summed E-state index contributed by atoms with van der Waals surface area (Å²) in [5.74, 6) is -1.77. The van der Waals surface area contributed by atoms with Gasteiger partial charge in [0, 0.05) is 0 Å². The Morgan fingerprint density at radius 1 is 1.42 bits per heavy atom. The number of nitrogens with one attached hydrogen (secondary N) is 1. The highest BCUT2D eigenvalue weighted by Crippen LogP contribution is 2.17. The molecule has 0 spiro atoms. The summed E-state index contributed by atoms with van der Waals surface area (Å²) in [5, 5.41) is 12.7. The second-order valence-electron chi connectivity index (χ2n) is 3.44. The molecule has 1 rings (SSSR count). The standard InChI is InChI=1S/C12H12N4O3/c1-19-11(17)10(15-16-12(14)18)9(7-13)8-5-3-2-4-6-8/h2-6,9H,1H3,(H3,14,16,18)/b15-10+/t9-/m0/s1. The molecule has 0 bridgehead atoms. The summed E-state index contributed by atoms with van der Waals surface area (Å²) in [6.45, 7) is 0. The summed E-state index contributed by atoms with van der Waals surface area (Å²) in [6.07, 6.45) is 0. The Hall–Kier alpha value is -2.88. The number of hydrogen-bond donors (Lipinski definition) is 2. The van der Waals surface area contributed by atoms with E-state index in [-0.39, 0.29) is 5.71 Å². The molecule has 0 heterocycles. The largest absolute Gasteiger partial charge is 0.464 e. The zero-order valence-electron chi connectivity index (χ0n) is 10.2. The van der Waals surface area contributed by atoms with Gasteiger partial charge in [0.2, 0.25) is 0 Å². The third-order valence-electron chi connectivity index (χ3n) is 2.22. The number of amides is 2. The number of ether oxygens (including phenoxy) is 1. The number of rotatable bonds is 4. The smallest absolute Gasteiger partial charge is 0.355 e. The third kappa shape index (κ3) is 3.81. The van der Waals surface area contributed by atoms with Crippen molar-refractivity contribution in [3.63, 3.8) is 0 Å². The van der Waals surface area contributed by atoms with Gasteiger partial charge >= 0.3 is 12.0 Å². The van der Waals surface area contributed by atoms with Crippen molar-refractivity contribution in [3.05, 3.63) is 35.9 Å². The molecule has 0 saturated heterocycles. The van der Waals surface area contributed by atoms with Crippen LogP contribution in [0.2, 0.25) is 0 Å². The van der Waals surface area contributed by atoms with E-state index in [4.69, 9.17) is 5.73 Å². The van der Waals surface area contributed by atoms with Gasteiger partial charge in [0.25, 0.3) is 0 Å². The zero-order chi connectivity index (χ0) is 14.3. The number of carbonyl (C=O) groups excluding carboxylic acids is 2. The Morgan fingerprint density at radius 2 is 2.05 bits per heavy atom. The van der Waals surface area contributed by atoms with E-state index in [2.05, 4.69) is 9.84 Å². The quantitative estimate of drug-likeness (QED) is 0.465. The predicted octanol–water partition coefficient (Wildman–Crippen LogP) is 0.491. The first-order valence-electron chi connectivity index (χ1n) is 5.26. The lowest BCUT2D eigenvalue weighted by Crippen LogP contribution is -2.31. The molecule has 3 N–H and O–H groups in total. The molecule has 19 heavy (non-hydrogen) atoms. The van der Waals surface area contributed by atoms with Crippen molar-refractivity contribution < 1.29 is 14.3 Å². The van der Waals surface area contributed by atoms with E-state index in [0.717, 1.165) is 7.11 Å². The SMILES string of the molecule is COC(=O)/C(=N/NC(N)=O)[C@@H](C#N)c1ccccc1. The molecule has 98 valence electrons. The van der Waals surface area contributed by atoms with Gasteiger partial charge < -0.3 is 10.5 Å². The second kappa shape index (κ2) is 6.76. The summed E-state index contributed by atoms with van der Waals surface area (Å²) in [5.41, 5.74) is 7.11. The van der Waals surface area contributed by atoms with Gasteiger partial charge in [-0.25, -0.2) is 15.0 Å². The number of nitrogens with two attached hydrogens (primary N) is 1. The first-order chi connectivity index (χ1) is 9.10. The minimum Gasteiger partial charge on any atom is -0.464 e. The molecule has 0 fully saturated rings. The number of primary amides is 1. The van der Waals surface area contributed by atoms with Crippen molar-refractivity contribution in [3.8, 4) is 6.07 Å². The van der Waals surface area contributed by atoms with Gasteiger partial charge in [0.15, 0.2) is 5.71 Å². The van der Waals surface area contributed by atoms with Gasteiger partial charge in [0.05, 0.1) is 13.2 Å². The van der Waals surface area contributed by atoms with Gasteiger partial charge in [-0.3, -0.25) is 0 Å². The van der Waals surface area contributed by atoms with E-state index >= 15 is 0 Å². The molecule has 0 saturated carbocycles. The van der Waals surface area contributed by atoms with Crippen molar-refractivity contribution in [2.75, 3.05) is 7.11 Å². The van der Waals surface area contributed by atoms with E-state index in [1.165, 1.54) is 0 Å². The Morgan fingerprint density at radius 3 is 2.53 bits per heavy atom. The van der Waals surface area contributed by atoms with Crippen LogP contribution < -0.4 is 11.2 Å². The summed E-state index contributed by atoms with van der Waals surface area (Å²) >= 11 is 0. The van der Waals surface area contributed by atoms with Gasteiger partial charge in [0.1, 0.15) is 5.92 Å². The van der Waals surface area contributed by atoms with Crippen LogP contribution in [0.3, 0.4) is 0 Å². The van der Waals surface area contributed by atoms with Crippen LogP contribution in [0.5, 0.6) is 0 Å². The number of hydrazone groups is 1. The Kier molecular flexibility index (Phi) is 5.04. The Labute approximate surface area is 109 Å². The van der Waals surface area contributed by atoms with Crippen molar-refractivity contribution in [1.82, 2.24) is 5.43 Å². The van der Waals surface area contributed by atoms with Crippen LogP contribution in [0.1, 0.15) is 11.5 Å². The number of methoxy groups -OCH3 is 1. The van der Waals surface area contributed by atoms with E-state index in [9.17, 15) is 14.9 Å². The van der Waals surface area contributed by atoms with Crippen LogP contribution in [0, 0.1) is 11.3 Å². The fourth-order valence-electron chi connectivity index (χ4n) is 1.39. The minimum absolute atomic E-state index is 0.241. The molecule has 1 aromatic carbocycles. The molecule has 7 nitrogen and oxygen atoms in total. The van der Waals surface area contributed by atoms with E-state index < -0.39 is 17.9 Å². The molecule has 2 amide bonds. The third-order valence-corrected chi connectivity index (χ3v) is 2.22. The summed E-state index contributed by atoms with van der Waals surface area (Å²) in [7, 11) is 1.15. The molecule has 0 aliphatic heterocycles. The van der Waals surface area contributed by atoms with Crippen LogP contribution in [-0.4, -0.2) is 24.8 Å². The molecule has 0 radical (unpaired) electrons. The van der Waals surface area contributed by atoms with Gasteiger partial charge in [-0.2, -0.15) is 10.4 Å². The fourth-order valence-corrected chi connectivity index (χ4v) is 1.39. The number of urea groups is 1. The van der Waals surface area contributed by atoms with E-state index in [1.807, 2.05) is 11.5 Å². The van der Waals surface area contributed by atoms with Gasteiger partial charge in [-0.1, -0.05) is 30.3 Å². The average Bonchev–Trinajstić information content (AvgIpc) is 2.43. The predicted molar refractivity (Wildman–Crippen MR) is 67.0 cm³/mol. The zero-order valence-corrected chi connectivity index (χ0v) is 10.2.